The smallest absolute Gasteiger partial charge is 0.164 e. The molecule has 96 valence electrons. The van der Waals surface area contributed by atoms with E-state index in [0.29, 0.717) is 12.5 Å². The van der Waals surface area contributed by atoms with Gasteiger partial charge in [-0.2, -0.15) is 5.10 Å². The molecule has 0 saturated carbocycles. The zero-order valence-electron chi connectivity index (χ0n) is 10.5. The Balaban J connectivity index is 2.00. The summed E-state index contributed by atoms with van der Waals surface area (Å²) in [5, 5.41) is 4.21. The maximum atomic E-state index is 5.73. The van der Waals surface area contributed by atoms with Crippen molar-refractivity contribution in [1.29, 1.82) is 0 Å². The van der Waals surface area contributed by atoms with Gasteiger partial charge in [0.05, 0.1) is 0 Å². The third-order valence-corrected chi connectivity index (χ3v) is 3.07. The Morgan fingerprint density at radius 1 is 1.39 bits per heavy atom. The van der Waals surface area contributed by atoms with Crippen LogP contribution >= 0.6 is 22.6 Å². The van der Waals surface area contributed by atoms with E-state index in [9.17, 15) is 0 Å². The summed E-state index contributed by atoms with van der Waals surface area (Å²) in [7, 11) is 0. The molecule has 0 spiro atoms. The summed E-state index contributed by atoms with van der Waals surface area (Å²) in [6, 6.07) is 7.97. The first-order valence-corrected chi connectivity index (χ1v) is 6.98. The van der Waals surface area contributed by atoms with Crippen molar-refractivity contribution in [2.24, 2.45) is 5.92 Å². The van der Waals surface area contributed by atoms with E-state index in [-0.39, 0.29) is 0 Å². The van der Waals surface area contributed by atoms with Gasteiger partial charge in [-0.1, -0.05) is 19.9 Å². The molecule has 2 rings (SSSR count). The third-order valence-electron chi connectivity index (χ3n) is 2.40. The van der Waals surface area contributed by atoms with Gasteiger partial charge in [0, 0.05) is 10.1 Å². The SMILES string of the molecule is CC(C)Cn1ncnc1COc1cccc(I)c1. The molecule has 18 heavy (non-hydrogen) atoms. The number of hydrogen-bond donors (Lipinski definition) is 0. The second-order valence-electron chi connectivity index (χ2n) is 4.50. The Hall–Kier alpha value is -1.11. The van der Waals surface area contributed by atoms with E-state index in [1.165, 1.54) is 0 Å². The zero-order chi connectivity index (χ0) is 13.0. The summed E-state index contributed by atoms with van der Waals surface area (Å²) in [6.45, 7) is 5.63. The topological polar surface area (TPSA) is 39.9 Å². The average molecular weight is 357 g/mol. The van der Waals surface area contributed by atoms with Gasteiger partial charge in [-0.3, -0.25) is 0 Å². The van der Waals surface area contributed by atoms with Crippen molar-refractivity contribution in [3.05, 3.63) is 40.0 Å². The number of benzene rings is 1. The molecular formula is C13H16IN3O. The van der Waals surface area contributed by atoms with Crippen molar-refractivity contribution in [1.82, 2.24) is 14.8 Å². The monoisotopic (exact) mass is 357 g/mol. The van der Waals surface area contributed by atoms with E-state index in [0.717, 1.165) is 21.7 Å². The molecule has 1 heterocycles. The highest BCUT2D eigenvalue weighted by atomic mass is 127. The Kier molecular flexibility index (Phi) is 4.57. The summed E-state index contributed by atoms with van der Waals surface area (Å²) in [6.07, 6.45) is 1.58. The fourth-order valence-corrected chi connectivity index (χ4v) is 2.12. The summed E-state index contributed by atoms with van der Waals surface area (Å²) in [5.41, 5.74) is 0. The molecule has 1 aromatic heterocycles. The molecule has 5 heteroatoms. The minimum atomic E-state index is 0.451. The van der Waals surface area contributed by atoms with Gasteiger partial charge in [0.1, 0.15) is 18.7 Å². The van der Waals surface area contributed by atoms with Crippen LogP contribution in [-0.4, -0.2) is 14.8 Å². The Morgan fingerprint density at radius 2 is 2.22 bits per heavy atom. The van der Waals surface area contributed by atoms with Crippen LogP contribution in [0.25, 0.3) is 0 Å². The molecule has 1 aromatic carbocycles. The Morgan fingerprint density at radius 3 is 2.94 bits per heavy atom. The Bertz CT molecular complexity index is 510. The molecule has 0 aliphatic carbocycles. The van der Waals surface area contributed by atoms with Gasteiger partial charge in [0.2, 0.25) is 0 Å². The quantitative estimate of drug-likeness (QED) is 0.772. The molecule has 4 nitrogen and oxygen atoms in total. The summed E-state index contributed by atoms with van der Waals surface area (Å²) in [5.74, 6) is 2.27. The van der Waals surface area contributed by atoms with Gasteiger partial charge in [0.15, 0.2) is 5.82 Å². The van der Waals surface area contributed by atoms with Crippen LogP contribution in [0.4, 0.5) is 0 Å². The second-order valence-corrected chi connectivity index (χ2v) is 5.74. The van der Waals surface area contributed by atoms with Crippen LogP contribution in [0.5, 0.6) is 5.75 Å². The van der Waals surface area contributed by atoms with Crippen molar-refractivity contribution in [3.63, 3.8) is 0 Å². The largest absolute Gasteiger partial charge is 0.486 e. The highest BCUT2D eigenvalue weighted by molar-refractivity contribution is 14.1. The van der Waals surface area contributed by atoms with Gasteiger partial charge >= 0.3 is 0 Å². The molecule has 0 N–H and O–H groups in total. The molecule has 2 aromatic rings. The van der Waals surface area contributed by atoms with E-state index in [1.807, 2.05) is 28.9 Å². The number of hydrogen-bond acceptors (Lipinski definition) is 3. The van der Waals surface area contributed by atoms with Crippen molar-refractivity contribution >= 4 is 22.6 Å². The molecule has 0 bridgehead atoms. The minimum Gasteiger partial charge on any atom is -0.486 e. The van der Waals surface area contributed by atoms with Crippen molar-refractivity contribution in [2.45, 2.75) is 27.0 Å². The van der Waals surface area contributed by atoms with Crippen molar-refractivity contribution < 1.29 is 4.74 Å². The average Bonchev–Trinajstić information content (AvgIpc) is 2.73. The molecule has 0 amide bonds. The number of halogens is 1. The molecular weight excluding hydrogens is 341 g/mol. The van der Waals surface area contributed by atoms with Crippen molar-refractivity contribution in [3.8, 4) is 5.75 Å². The first kappa shape index (κ1) is 13.3. The second kappa shape index (κ2) is 6.17. The molecule has 0 unspecified atom stereocenters. The number of aromatic nitrogens is 3. The highest BCUT2D eigenvalue weighted by Crippen LogP contribution is 2.16. The van der Waals surface area contributed by atoms with Gasteiger partial charge in [-0.25, -0.2) is 9.67 Å². The summed E-state index contributed by atoms with van der Waals surface area (Å²) in [4.78, 5) is 4.23. The van der Waals surface area contributed by atoms with E-state index in [1.54, 1.807) is 6.33 Å². The third kappa shape index (κ3) is 3.69. The van der Waals surface area contributed by atoms with Gasteiger partial charge in [-0.05, 0) is 46.7 Å². The maximum Gasteiger partial charge on any atom is 0.164 e. The van der Waals surface area contributed by atoms with Crippen LogP contribution in [0.15, 0.2) is 30.6 Å². The number of ether oxygens (including phenoxy) is 1. The van der Waals surface area contributed by atoms with Crippen molar-refractivity contribution in [2.75, 3.05) is 0 Å². The summed E-state index contributed by atoms with van der Waals surface area (Å²) < 4.78 is 8.79. The van der Waals surface area contributed by atoms with E-state index in [2.05, 4.69) is 46.5 Å². The fourth-order valence-electron chi connectivity index (χ4n) is 1.60. The van der Waals surface area contributed by atoms with Gasteiger partial charge in [-0.15, -0.1) is 0 Å². The molecule has 0 atom stereocenters. The lowest BCUT2D eigenvalue weighted by Gasteiger charge is -2.09. The van der Waals surface area contributed by atoms with Crippen LogP contribution in [0.2, 0.25) is 0 Å². The molecule has 0 fully saturated rings. The van der Waals surface area contributed by atoms with E-state index >= 15 is 0 Å². The standard InChI is InChI=1S/C13H16IN3O/c1-10(2)7-17-13(15-9-16-17)8-18-12-5-3-4-11(14)6-12/h3-6,9-10H,7-8H2,1-2H3. The van der Waals surface area contributed by atoms with Crippen LogP contribution in [-0.2, 0) is 13.2 Å². The lowest BCUT2D eigenvalue weighted by Crippen LogP contribution is -2.12. The van der Waals surface area contributed by atoms with Gasteiger partial charge < -0.3 is 4.74 Å². The summed E-state index contributed by atoms with van der Waals surface area (Å²) >= 11 is 2.27. The van der Waals surface area contributed by atoms with Crippen LogP contribution in [0.1, 0.15) is 19.7 Å². The lowest BCUT2D eigenvalue weighted by molar-refractivity contribution is 0.282. The Labute approximate surface area is 121 Å². The maximum absolute atomic E-state index is 5.73. The normalized spacial score (nSPS) is 10.9. The van der Waals surface area contributed by atoms with Gasteiger partial charge in [0.25, 0.3) is 0 Å². The lowest BCUT2D eigenvalue weighted by atomic mass is 10.2. The van der Waals surface area contributed by atoms with Crippen LogP contribution in [0.3, 0.4) is 0 Å². The first-order chi connectivity index (χ1) is 8.65. The predicted molar refractivity (Wildman–Crippen MR) is 78.4 cm³/mol. The molecule has 0 saturated heterocycles. The van der Waals surface area contributed by atoms with E-state index < -0.39 is 0 Å². The fraction of sp³-hybridized carbons (Fsp3) is 0.385. The highest BCUT2D eigenvalue weighted by Gasteiger charge is 2.07. The zero-order valence-corrected chi connectivity index (χ0v) is 12.7. The van der Waals surface area contributed by atoms with Crippen LogP contribution < -0.4 is 4.74 Å². The molecule has 0 radical (unpaired) electrons. The minimum absolute atomic E-state index is 0.451. The predicted octanol–water partition coefficient (Wildman–Crippen LogP) is 3.12. The number of nitrogens with zero attached hydrogens (tertiary/aromatic N) is 3. The first-order valence-electron chi connectivity index (χ1n) is 5.90. The van der Waals surface area contributed by atoms with E-state index in [4.69, 9.17) is 4.74 Å². The van der Waals surface area contributed by atoms with Crippen LogP contribution in [0, 0.1) is 9.49 Å². The molecule has 0 aliphatic heterocycles. The number of rotatable bonds is 5. The molecule has 0 aliphatic rings.